The number of carbonyl (C=O) groups excluding carboxylic acids is 1. The lowest BCUT2D eigenvalue weighted by molar-refractivity contribution is -0.142. The lowest BCUT2D eigenvalue weighted by Crippen LogP contribution is -2.33. The highest BCUT2D eigenvalue weighted by atomic mass is 19.4. The molecule has 2 aliphatic carbocycles. The van der Waals surface area contributed by atoms with Gasteiger partial charge in [0, 0.05) is 23.8 Å². The normalized spacial score (nSPS) is 22.4. The number of nitrogens with one attached hydrogen (secondary N) is 2. The van der Waals surface area contributed by atoms with E-state index in [9.17, 15) is 18.0 Å². The predicted molar refractivity (Wildman–Crippen MR) is 120 cm³/mol. The molecule has 0 saturated heterocycles. The van der Waals surface area contributed by atoms with Crippen LogP contribution in [0.2, 0.25) is 0 Å². The zero-order valence-corrected chi connectivity index (χ0v) is 18.5. The Morgan fingerprint density at radius 3 is 2.43 bits per heavy atom. The van der Waals surface area contributed by atoms with Crippen LogP contribution in [-0.2, 0) is 11.7 Å². The lowest BCUT2D eigenvalue weighted by atomic mass is 10.1. The van der Waals surface area contributed by atoms with E-state index in [0.29, 0.717) is 17.7 Å². The van der Waals surface area contributed by atoms with Crippen LogP contribution in [-0.4, -0.2) is 43.1 Å². The Balaban J connectivity index is 1.08. The van der Waals surface area contributed by atoms with Gasteiger partial charge < -0.3 is 10.6 Å². The van der Waals surface area contributed by atoms with E-state index < -0.39 is 11.9 Å². The third-order valence-electron chi connectivity index (χ3n) is 6.84. The number of anilines is 3. The molecule has 180 valence electrons. The fraction of sp³-hybridized carbons (Fsp3) is 0.391. The van der Waals surface area contributed by atoms with Gasteiger partial charge >= 0.3 is 6.18 Å². The van der Waals surface area contributed by atoms with E-state index in [4.69, 9.17) is 0 Å². The maximum absolute atomic E-state index is 13.0. The van der Waals surface area contributed by atoms with Crippen molar-refractivity contribution < 1.29 is 18.0 Å². The van der Waals surface area contributed by atoms with Gasteiger partial charge in [-0.25, -0.2) is 9.97 Å². The SMILES string of the molecule is O=C1c2ncccc2C2(CC2)N1c1ccc(N[C@H]2CC[C@H](Nc3ncc(C(F)(F)F)nn3)C2)nc1. The van der Waals surface area contributed by atoms with Crippen molar-refractivity contribution in [2.75, 3.05) is 15.5 Å². The van der Waals surface area contributed by atoms with E-state index >= 15 is 0 Å². The van der Waals surface area contributed by atoms with Crippen molar-refractivity contribution in [3.63, 3.8) is 0 Å². The lowest BCUT2D eigenvalue weighted by Gasteiger charge is -2.25. The molecule has 0 radical (unpaired) electrons. The van der Waals surface area contributed by atoms with Crippen LogP contribution in [0.5, 0.6) is 0 Å². The van der Waals surface area contributed by atoms with Gasteiger partial charge in [0.05, 0.1) is 23.6 Å². The molecule has 3 aliphatic rings. The molecule has 2 saturated carbocycles. The second-order valence-electron chi connectivity index (χ2n) is 9.13. The van der Waals surface area contributed by atoms with Crippen LogP contribution in [0.15, 0.2) is 42.9 Å². The molecule has 6 rings (SSSR count). The molecule has 1 amide bonds. The fourth-order valence-electron chi connectivity index (χ4n) is 5.06. The molecule has 0 aromatic carbocycles. The average molecular weight is 482 g/mol. The zero-order valence-electron chi connectivity index (χ0n) is 18.5. The van der Waals surface area contributed by atoms with Crippen LogP contribution in [0.3, 0.4) is 0 Å². The number of halogens is 3. The second-order valence-corrected chi connectivity index (χ2v) is 9.13. The molecule has 0 bridgehead atoms. The highest BCUT2D eigenvalue weighted by Gasteiger charge is 2.59. The van der Waals surface area contributed by atoms with Crippen LogP contribution in [0.4, 0.5) is 30.6 Å². The summed E-state index contributed by atoms with van der Waals surface area (Å²) in [7, 11) is 0. The first-order chi connectivity index (χ1) is 16.8. The molecule has 12 heteroatoms. The van der Waals surface area contributed by atoms with Crippen molar-refractivity contribution in [3.05, 3.63) is 59.8 Å². The summed E-state index contributed by atoms with van der Waals surface area (Å²) in [5.41, 5.74) is 0.838. The molecule has 1 spiro atoms. The predicted octanol–water partition coefficient (Wildman–Crippen LogP) is 3.78. The summed E-state index contributed by atoms with van der Waals surface area (Å²) in [6.07, 6.45) is 3.66. The zero-order chi connectivity index (χ0) is 24.2. The summed E-state index contributed by atoms with van der Waals surface area (Å²) in [6, 6.07) is 7.74. The number of hydrogen-bond donors (Lipinski definition) is 2. The van der Waals surface area contributed by atoms with E-state index in [0.717, 1.165) is 43.4 Å². The Morgan fingerprint density at radius 2 is 1.77 bits per heavy atom. The molecule has 35 heavy (non-hydrogen) atoms. The number of aromatic nitrogens is 5. The first-order valence-corrected chi connectivity index (χ1v) is 11.4. The van der Waals surface area contributed by atoms with Crippen LogP contribution in [0.25, 0.3) is 0 Å². The first kappa shape index (κ1) is 21.7. The van der Waals surface area contributed by atoms with Crippen LogP contribution < -0.4 is 15.5 Å². The minimum Gasteiger partial charge on any atom is -0.367 e. The Labute approximate surface area is 198 Å². The van der Waals surface area contributed by atoms with Crippen molar-refractivity contribution in [2.45, 2.75) is 55.9 Å². The standard InChI is InChI=1S/C23H21F3N8O/c24-23(25,26)17-12-29-21(33-32-17)31-14-4-3-13(10-14)30-18-6-5-15(11-28-18)34-20(35)19-16(2-1-9-27-19)22(34)7-8-22/h1-2,5-6,9,11-14H,3-4,7-8,10H2,(H,28,30)(H,29,31,33)/t13-,14-/m0/s1. The van der Waals surface area contributed by atoms with E-state index in [2.05, 4.69) is 35.8 Å². The second kappa shape index (κ2) is 7.85. The van der Waals surface area contributed by atoms with Gasteiger partial charge in [-0.05, 0) is 50.3 Å². The smallest absolute Gasteiger partial charge is 0.367 e. The van der Waals surface area contributed by atoms with Crippen molar-refractivity contribution in [3.8, 4) is 0 Å². The number of hydrogen-bond acceptors (Lipinski definition) is 8. The van der Waals surface area contributed by atoms with Crippen LogP contribution in [0.1, 0.15) is 53.8 Å². The van der Waals surface area contributed by atoms with Gasteiger partial charge in [-0.15, -0.1) is 10.2 Å². The van der Waals surface area contributed by atoms with Crippen LogP contribution >= 0.6 is 0 Å². The van der Waals surface area contributed by atoms with E-state index in [1.54, 1.807) is 12.4 Å². The Kier molecular flexibility index (Phi) is 4.87. The monoisotopic (exact) mass is 482 g/mol. The highest BCUT2D eigenvalue weighted by Crippen LogP contribution is 2.57. The molecule has 2 N–H and O–H groups in total. The van der Waals surface area contributed by atoms with E-state index in [1.165, 1.54) is 0 Å². The molecular weight excluding hydrogens is 461 g/mol. The summed E-state index contributed by atoms with van der Waals surface area (Å²) in [5, 5.41) is 13.2. The molecule has 3 aromatic heterocycles. The van der Waals surface area contributed by atoms with E-state index in [1.807, 2.05) is 29.2 Å². The van der Waals surface area contributed by atoms with E-state index in [-0.39, 0.29) is 29.5 Å². The molecule has 1 aliphatic heterocycles. The number of pyridine rings is 2. The number of rotatable bonds is 5. The van der Waals surface area contributed by atoms with Gasteiger partial charge in [0.25, 0.3) is 5.91 Å². The van der Waals surface area contributed by atoms with Crippen molar-refractivity contribution in [1.29, 1.82) is 0 Å². The van der Waals surface area contributed by atoms with Gasteiger partial charge in [0.1, 0.15) is 11.5 Å². The van der Waals surface area contributed by atoms with Crippen molar-refractivity contribution in [1.82, 2.24) is 25.1 Å². The minimum absolute atomic E-state index is 0.00765. The average Bonchev–Trinajstić information content (AvgIpc) is 3.45. The Bertz CT molecular complexity index is 1260. The molecule has 2 fully saturated rings. The maximum Gasteiger partial charge on any atom is 0.436 e. The van der Waals surface area contributed by atoms with Crippen LogP contribution in [0, 0.1) is 0 Å². The number of alkyl halides is 3. The summed E-state index contributed by atoms with van der Waals surface area (Å²) < 4.78 is 37.9. The minimum atomic E-state index is -4.56. The highest BCUT2D eigenvalue weighted by molar-refractivity contribution is 6.11. The van der Waals surface area contributed by atoms with Gasteiger partial charge in [0.2, 0.25) is 5.95 Å². The maximum atomic E-state index is 13.0. The molecular formula is C23H21F3N8O. The van der Waals surface area contributed by atoms with Gasteiger partial charge in [0.15, 0.2) is 5.69 Å². The molecule has 4 heterocycles. The summed E-state index contributed by atoms with van der Waals surface area (Å²) >= 11 is 0. The largest absolute Gasteiger partial charge is 0.436 e. The molecule has 3 aromatic rings. The summed E-state index contributed by atoms with van der Waals surface area (Å²) in [4.78, 5) is 27.4. The number of nitrogens with zero attached hydrogens (tertiary/aromatic N) is 6. The first-order valence-electron chi connectivity index (χ1n) is 11.4. The number of fused-ring (bicyclic) bond motifs is 2. The van der Waals surface area contributed by atoms with Gasteiger partial charge in [-0.1, -0.05) is 6.07 Å². The fourth-order valence-corrected chi connectivity index (χ4v) is 5.06. The van der Waals surface area contributed by atoms with Crippen molar-refractivity contribution >= 4 is 23.4 Å². The van der Waals surface area contributed by atoms with Gasteiger partial charge in [-0.2, -0.15) is 13.2 Å². The Morgan fingerprint density at radius 1 is 0.971 bits per heavy atom. The molecule has 2 atom stereocenters. The summed E-state index contributed by atoms with van der Waals surface area (Å²) in [6.45, 7) is 0. The third kappa shape index (κ3) is 3.82. The summed E-state index contributed by atoms with van der Waals surface area (Å²) in [5.74, 6) is 0.676. The molecule has 0 unspecified atom stereocenters. The molecule has 9 nitrogen and oxygen atoms in total. The quantitative estimate of drug-likeness (QED) is 0.566. The van der Waals surface area contributed by atoms with Crippen molar-refractivity contribution in [2.24, 2.45) is 0 Å². The number of carbonyl (C=O) groups is 1. The topological polar surface area (TPSA) is 109 Å². The Hall–Kier alpha value is -3.83. The van der Waals surface area contributed by atoms with Gasteiger partial charge in [-0.3, -0.25) is 14.7 Å². The third-order valence-corrected chi connectivity index (χ3v) is 6.84. The number of amides is 1.